The number of alkyl halides is 4. The molecule has 2 aromatic heterocycles. The summed E-state index contributed by atoms with van der Waals surface area (Å²) >= 11 is 0. The lowest BCUT2D eigenvalue weighted by Gasteiger charge is -2.13. The number of nitrogens with zero attached hydrogens (tertiary/aromatic N) is 3. The highest BCUT2D eigenvalue weighted by Gasteiger charge is 2.33. The summed E-state index contributed by atoms with van der Waals surface area (Å²) in [5.74, 6) is -0.466. The number of hydrogen-bond acceptors (Lipinski definition) is 5. The average molecular weight is 406 g/mol. The molecule has 2 atom stereocenters. The van der Waals surface area contributed by atoms with Gasteiger partial charge in [-0.15, -0.1) is 12.4 Å². The number of carbonyl (C=O) groups is 1. The normalized spacial score (nSPS) is 19.4. The van der Waals surface area contributed by atoms with Gasteiger partial charge in [0.15, 0.2) is 0 Å². The Balaban J connectivity index is 0.00000261. The number of hydrogen-bond donors (Lipinski definition) is 2. The van der Waals surface area contributed by atoms with E-state index in [2.05, 4.69) is 25.6 Å². The van der Waals surface area contributed by atoms with Crippen molar-refractivity contribution in [3.63, 3.8) is 0 Å². The van der Waals surface area contributed by atoms with E-state index in [0.29, 0.717) is 23.5 Å². The SMILES string of the molecule is Cl.O=C(NCc1cc(-c2ccc(C(F)(F)F)nc2)ncn1)[C@H]1NCC[C@@H]1F. The van der Waals surface area contributed by atoms with E-state index in [9.17, 15) is 22.4 Å². The van der Waals surface area contributed by atoms with Crippen LogP contribution in [0.15, 0.2) is 30.7 Å². The van der Waals surface area contributed by atoms with Gasteiger partial charge in [0.05, 0.1) is 17.9 Å². The van der Waals surface area contributed by atoms with Crippen LogP contribution in [-0.2, 0) is 17.5 Å². The predicted octanol–water partition coefficient (Wildman–Crippen LogP) is 2.30. The predicted molar refractivity (Wildman–Crippen MR) is 90.7 cm³/mol. The zero-order chi connectivity index (χ0) is 18.7. The second-order valence-electron chi connectivity index (χ2n) is 5.78. The van der Waals surface area contributed by atoms with Crippen molar-refractivity contribution < 1.29 is 22.4 Å². The fourth-order valence-corrected chi connectivity index (χ4v) is 2.58. The van der Waals surface area contributed by atoms with Crippen LogP contribution in [0, 0.1) is 0 Å². The van der Waals surface area contributed by atoms with Gasteiger partial charge in [0.1, 0.15) is 24.2 Å². The maximum atomic E-state index is 13.5. The van der Waals surface area contributed by atoms with Crippen molar-refractivity contribution in [3.05, 3.63) is 42.1 Å². The van der Waals surface area contributed by atoms with Gasteiger partial charge >= 0.3 is 6.18 Å². The van der Waals surface area contributed by atoms with Crippen molar-refractivity contribution in [2.75, 3.05) is 6.54 Å². The van der Waals surface area contributed by atoms with Gasteiger partial charge in [-0.1, -0.05) is 0 Å². The molecular formula is C16H16ClF4N5O. The fourth-order valence-electron chi connectivity index (χ4n) is 2.58. The lowest BCUT2D eigenvalue weighted by atomic mass is 10.1. The number of rotatable bonds is 4. The minimum atomic E-state index is -4.51. The molecule has 1 aliphatic rings. The molecule has 0 saturated carbocycles. The van der Waals surface area contributed by atoms with Crippen LogP contribution in [0.25, 0.3) is 11.3 Å². The number of halogens is 5. The first-order valence-electron chi connectivity index (χ1n) is 7.84. The Hall–Kier alpha value is -2.33. The highest BCUT2D eigenvalue weighted by molar-refractivity contribution is 5.85. The number of carbonyl (C=O) groups excluding carboxylic acids is 1. The smallest absolute Gasteiger partial charge is 0.349 e. The summed E-state index contributed by atoms with van der Waals surface area (Å²) in [4.78, 5) is 23.3. The van der Waals surface area contributed by atoms with E-state index in [4.69, 9.17) is 0 Å². The van der Waals surface area contributed by atoms with Gasteiger partial charge in [-0.2, -0.15) is 13.2 Å². The highest BCUT2D eigenvalue weighted by Crippen LogP contribution is 2.28. The number of aromatic nitrogens is 3. The molecule has 0 spiro atoms. The standard InChI is InChI=1S/C16H15F4N5O.ClH/c17-11-3-4-21-14(11)15(26)23-7-10-5-12(25-8-24-10)9-1-2-13(22-6-9)16(18,19)20;/h1-2,5-6,8,11,14,21H,3-4,7H2,(H,23,26);1H/t11-,14-;/m0./s1. The molecule has 2 aromatic rings. The van der Waals surface area contributed by atoms with Crippen LogP contribution < -0.4 is 10.6 Å². The van der Waals surface area contributed by atoms with Gasteiger partial charge in [-0.3, -0.25) is 9.78 Å². The Morgan fingerprint density at radius 1 is 1.26 bits per heavy atom. The van der Waals surface area contributed by atoms with E-state index in [1.807, 2.05) is 0 Å². The summed E-state index contributed by atoms with van der Waals surface area (Å²) in [5.41, 5.74) is 0.200. The van der Waals surface area contributed by atoms with Gasteiger partial charge in [-0.05, 0) is 31.2 Å². The second kappa shape index (κ2) is 8.57. The van der Waals surface area contributed by atoms with Crippen molar-refractivity contribution in [3.8, 4) is 11.3 Å². The molecule has 3 heterocycles. The molecule has 146 valence electrons. The summed E-state index contributed by atoms with van der Waals surface area (Å²) in [5, 5.41) is 5.36. The molecule has 0 radical (unpaired) electrons. The molecule has 0 bridgehead atoms. The fraction of sp³-hybridized carbons (Fsp3) is 0.375. The van der Waals surface area contributed by atoms with E-state index in [1.54, 1.807) is 0 Å². The quantitative estimate of drug-likeness (QED) is 0.763. The minimum Gasteiger partial charge on any atom is -0.349 e. The Labute approximate surface area is 158 Å². The van der Waals surface area contributed by atoms with Gasteiger partial charge < -0.3 is 10.6 Å². The van der Waals surface area contributed by atoms with Crippen molar-refractivity contribution in [1.29, 1.82) is 0 Å². The third-order valence-electron chi connectivity index (χ3n) is 3.95. The summed E-state index contributed by atoms with van der Waals surface area (Å²) in [6.45, 7) is 0.491. The maximum Gasteiger partial charge on any atom is 0.433 e. The van der Waals surface area contributed by atoms with Crippen LogP contribution in [0.2, 0.25) is 0 Å². The molecule has 0 unspecified atom stereocenters. The Bertz CT molecular complexity index is 787. The molecule has 0 aromatic carbocycles. The zero-order valence-electron chi connectivity index (χ0n) is 13.8. The van der Waals surface area contributed by atoms with E-state index in [1.165, 1.54) is 18.5 Å². The molecule has 3 rings (SSSR count). The minimum absolute atomic E-state index is 0. The van der Waals surface area contributed by atoms with E-state index in [0.717, 1.165) is 12.3 Å². The van der Waals surface area contributed by atoms with Crippen LogP contribution in [0.1, 0.15) is 17.8 Å². The molecule has 1 fully saturated rings. The molecule has 6 nitrogen and oxygen atoms in total. The van der Waals surface area contributed by atoms with Gasteiger partial charge in [-0.25, -0.2) is 14.4 Å². The lowest BCUT2D eigenvalue weighted by molar-refractivity contribution is -0.141. The van der Waals surface area contributed by atoms with Crippen LogP contribution in [0.3, 0.4) is 0 Å². The first-order chi connectivity index (χ1) is 12.3. The lowest BCUT2D eigenvalue weighted by Crippen LogP contribution is -2.44. The number of amides is 1. The first kappa shape index (κ1) is 21.0. The Morgan fingerprint density at radius 3 is 2.63 bits per heavy atom. The summed E-state index contributed by atoms with van der Waals surface area (Å²) in [6, 6.07) is 2.78. The van der Waals surface area contributed by atoms with Gasteiger partial charge in [0.2, 0.25) is 5.91 Å². The van der Waals surface area contributed by atoms with Gasteiger partial charge in [0.25, 0.3) is 0 Å². The van der Waals surface area contributed by atoms with E-state index in [-0.39, 0.29) is 25.4 Å². The monoisotopic (exact) mass is 405 g/mol. The van der Waals surface area contributed by atoms with Crippen molar-refractivity contribution in [1.82, 2.24) is 25.6 Å². The molecule has 1 amide bonds. The molecular weight excluding hydrogens is 390 g/mol. The van der Waals surface area contributed by atoms with Crippen molar-refractivity contribution >= 4 is 18.3 Å². The number of nitrogens with one attached hydrogen (secondary N) is 2. The topological polar surface area (TPSA) is 79.8 Å². The van der Waals surface area contributed by atoms with Crippen LogP contribution in [-0.4, -0.2) is 39.6 Å². The van der Waals surface area contributed by atoms with Crippen molar-refractivity contribution in [2.24, 2.45) is 0 Å². The summed E-state index contributed by atoms with van der Waals surface area (Å²) < 4.78 is 51.2. The van der Waals surface area contributed by atoms with Crippen LogP contribution in [0.4, 0.5) is 17.6 Å². The third kappa shape index (κ3) is 5.10. The molecule has 0 aliphatic carbocycles. The van der Waals surface area contributed by atoms with Crippen molar-refractivity contribution in [2.45, 2.75) is 31.4 Å². The van der Waals surface area contributed by atoms with E-state index >= 15 is 0 Å². The molecule has 11 heteroatoms. The maximum absolute atomic E-state index is 13.5. The van der Waals surface area contributed by atoms with Gasteiger partial charge in [0, 0.05) is 11.8 Å². The summed E-state index contributed by atoms with van der Waals surface area (Å²) in [7, 11) is 0. The molecule has 1 saturated heterocycles. The summed E-state index contributed by atoms with van der Waals surface area (Å²) in [6.07, 6.45) is -3.14. The first-order valence-corrected chi connectivity index (χ1v) is 7.84. The number of pyridine rings is 1. The zero-order valence-corrected chi connectivity index (χ0v) is 14.6. The Kier molecular flexibility index (Phi) is 6.66. The third-order valence-corrected chi connectivity index (χ3v) is 3.95. The highest BCUT2D eigenvalue weighted by atomic mass is 35.5. The molecule has 1 aliphatic heterocycles. The average Bonchev–Trinajstić information content (AvgIpc) is 3.05. The van der Waals surface area contributed by atoms with E-state index < -0.39 is 30.0 Å². The van der Waals surface area contributed by atoms with Crippen LogP contribution in [0.5, 0.6) is 0 Å². The Morgan fingerprint density at radius 2 is 2.04 bits per heavy atom. The molecule has 27 heavy (non-hydrogen) atoms. The second-order valence-corrected chi connectivity index (χ2v) is 5.78. The van der Waals surface area contributed by atoms with Crippen LogP contribution >= 0.6 is 12.4 Å². The largest absolute Gasteiger partial charge is 0.433 e. The molecule has 2 N–H and O–H groups in total.